The maximum atomic E-state index is 11.4. The minimum Gasteiger partial charge on any atom is -0.486 e. The summed E-state index contributed by atoms with van der Waals surface area (Å²) in [7, 11) is -1.87. The highest BCUT2D eigenvalue weighted by Gasteiger charge is 2.16. The van der Waals surface area contributed by atoms with Crippen molar-refractivity contribution in [1.29, 1.82) is 0 Å². The summed E-state index contributed by atoms with van der Waals surface area (Å²) in [5.74, 6) is 0.149. The van der Waals surface area contributed by atoms with Gasteiger partial charge in [0, 0.05) is 18.8 Å². The molecule has 0 aliphatic rings. The molecule has 18 heavy (non-hydrogen) atoms. The number of Topliss-reactive ketones (excluding diaryl/α,β-unsaturated/α-hetero) is 1. The van der Waals surface area contributed by atoms with Crippen LogP contribution in [-0.2, 0) is 18.4 Å². The third-order valence-electron chi connectivity index (χ3n) is 1.99. The molecule has 0 aromatic heterocycles. The Labute approximate surface area is 111 Å². The Morgan fingerprint density at radius 1 is 1.39 bits per heavy atom. The van der Waals surface area contributed by atoms with Crippen molar-refractivity contribution in [3.63, 3.8) is 0 Å². The van der Waals surface area contributed by atoms with Crippen molar-refractivity contribution in [2.75, 3.05) is 27.0 Å². The maximum absolute atomic E-state index is 11.4. The van der Waals surface area contributed by atoms with Crippen LogP contribution in [0.15, 0.2) is 24.3 Å². The Bertz CT molecular complexity index is 463. The van der Waals surface area contributed by atoms with Crippen LogP contribution in [0.1, 0.15) is 0 Å². The van der Waals surface area contributed by atoms with E-state index in [-0.39, 0.29) is 19.0 Å². The van der Waals surface area contributed by atoms with Crippen molar-refractivity contribution >= 4 is 25.0 Å². The predicted octanol–water partition coefficient (Wildman–Crippen LogP) is 2.77. The predicted molar refractivity (Wildman–Crippen MR) is 68.4 cm³/mol. The van der Waals surface area contributed by atoms with Gasteiger partial charge in [0.05, 0.1) is 0 Å². The molecule has 0 aliphatic heterocycles. The van der Waals surface area contributed by atoms with Crippen LogP contribution in [0.4, 0.5) is 0 Å². The molecule has 0 spiro atoms. The van der Waals surface area contributed by atoms with E-state index in [1.165, 1.54) is 13.8 Å². The lowest BCUT2D eigenvalue weighted by Crippen LogP contribution is -2.16. The Hall–Kier alpha value is -0.870. The van der Waals surface area contributed by atoms with Crippen molar-refractivity contribution in [3.8, 4) is 5.75 Å². The van der Waals surface area contributed by atoms with Crippen LogP contribution in [0, 0.1) is 0 Å². The molecule has 1 aromatic carbocycles. The summed E-state index contributed by atoms with van der Waals surface area (Å²) < 4.78 is 26.0. The number of ether oxygens (including phenoxy) is 1. The number of carbonyl (C=O) groups excluding carboxylic acids is 1. The van der Waals surface area contributed by atoms with E-state index in [1.807, 2.05) is 0 Å². The lowest BCUT2D eigenvalue weighted by Gasteiger charge is -2.10. The number of carbonyl (C=O) groups is 1. The summed E-state index contributed by atoms with van der Waals surface area (Å²) >= 11 is 5.76. The normalized spacial score (nSPS) is 13.9. The third-order valence-corrected chi connectivity index (χ3v) is 3.48. The minimum atomic E-state index is -3.13. The molecular formula is C11H14ClO5P. The highest BCUT2D eigenvalue weighted by atomic mass is 35.5. The van der Waals surface area contributed by atoms with Gasteiger partial charge in [-0.15, -0.1) is 0 Å². The molecule has 1 aromatic rings. The van der Waals surface area contributed by atoms with E-state index in [9.17, 15) is 9.36 Å². The van der Waals surface area contributed by atoms with E-state index >= 15 is 0 Å². The van der Waals surface area contributed by atoms with Crippen LogP contribution in [0.5, 0.6) is 5.75 Å². The van der Waals surface area contributed by atoms with E-state index in [2.05, 4.69) is 4.52 Å². The first-order valence-corrected chi connectivity index (χ1v) is 7.47. The van der Waals surface area contributed by atoms with E-state index in [4.69, 9.17) is 20.9 Å². The first-order valence-electron chi connectivity index (χ1n) is 5.11. The monoisotopic (exact) mass is 292 g/mol. The van der Waals surface area contributed by atoms with Crippen LogP contribution in [0.25, 0.3) is 0 Å². The Balaban J connectivity index is 2.36. The highest BCUT2D eigenvalue weighted by molar-refractivity contribution is 7.52. The first kappa shape index (κ1) is 15.2. The number of halogens is 1. The maximum Gasteiger partial charge on any atom is 0.327 e. The van der Waals surface area contributed by atoms with Gasteiger partial charge in [0.25, 0.3) is 0 Å². The molecule has 0 heterocycles. The van der Waals surface area contributed by atoms with Crippen molar-refractivity contribution in [3.05, 3.63) is 29.3 Å². The van der Waals surface area contributed by atoms with Crippen LogP contribution in [-0.4, -0.2) is 32.8 Å². The largest absolute Gasteiger partial charge is 0.486 e. The molecule has 1 atom stereocenters. The van der Waals surface area contributed by atoms with Crippen LogP contribution < -0.4 is 4.74 Å². The van der Waals surface area contributed by atoms with Gasteiger partial charge in [-0.3, -0.25) is 9.36 Å². The number of ketones is 1. The first-order chi connectivity index (χ1) is 8.43. The fraction of sp³-hybridized carbons (Fsp3) is 0.364. The van der Waals surface area contributed by atoms with Gasteiger partial charge >= 0.3 is 7.60 Å². The SMILES string of the molecule is COP(C)(=O)OCC(=O)COc1cccc(Cl)c1. The Morgan fingerprint density at radius 3 is 2.72 bits per heavy atom. The summed E-state index contributed by atoms with van der Waals surface area (Å²) in [6, 6.07) is 6.69. The molecule has 1 unspecified atom stereocenters. The topological polar surface area (TPSA) is 61.8 Å². The molecule has 100 valence electrons. The lowest BCUT2D eigenvalue weighted by molar-refractivity contribution is -0.123. The number of benzene rings is 1. The molecular weight excluding hydrogens is 279 g/mol. The van der Waals surface area contributed by atoms with E-state index in [1.54, 1.807) is 24.3 Å². The Morgan fingerprint density at radius 2 is 2.11 bits per heavy atom. The van der Waals surface area contributed by atoms with Gasteiger partial charge in [0.2, 0.25) is 0 Å². The van der Waals surface area contributed by atoms with Gasteiger partial charge < -0.3 is 13.8 Å². The van der Waals surface area contributed by atoms with Gasteiger partial charge in [0.1, 0.15) is 19.0 Å². The zero-order chi connectivity index (χ0) is 13.6. The summed E-state index contributed by atoms with van der Waals surface area (Å²) in [4.78, 5) is 11.4. The third kappa shape index (κ3) is 5.65. The molecule has 0 amide bonds. The number of hydrogen-bond acceptors (Lipinski definition) is 5. The fourth-order valence-corrected chi connectivity index (χ4v) is 1.67. The van der Waals surface area contributed by atoms with Crippen LogP contribution in [0.3, 0.4) is 0 Å². The molecule has 0 radical (unpaired) electrons. The summed E-state index contributed by atoms with van der Waals surface area (Å²) in [6.45, 7) is 0.796. The molecule has 0 saturated carbocycles. The highest BCUT2D eigenvalue weighted by Crippen LogP contribution is 2.42. The summed E-state index contributed by atoms with van der Waals surface area (Å²) in [5.41, 5.74) is 0. The molecule has 0 N–H and O–H groups in total. The average molecular weight is 293 g/mol. The number of rotatable bonds is 7. The van der Waals surface area contributed by atoms with E-state index in [0.717, 1.165) is 0 Å². The average Bonchev–Trinajstić information content (AvgIpc) is 2.34. The van der Waals surface area contributed by atoms with Crippen LogP contribution >= 0.6 is 19.2 Å². The second-order valence-corrected chi connectivity index (χ2v) is 6.11. The second-order valence-electron chi connectivity index (χ2n) is 3.51. The smallest absolute Gasteiger partial charge is 0.327 e. The summed E-state index contributed by atoms with van der Waals surface area (Å²) in [5, 5.41) is 0.522. The van der Waals surface area contributed by atoms with Gasteiger partial charge in [-0.25, -0.2) is 0 Å². The molecule has 5 nitrogen and oxygen atoms in total. The van der Waals surface area contributed by atoms with Gasteiger partial charge in [-0.2, -0.15) is 0 Å². The lowest BCUT2D eigenvalue weighted by atomic mass is 10.3. The zero-order valence-corrected chi connectivity index (χ0v) is 11.7. The fourth-order valence-electron chi connectivity index (χ4n) is 1.00. The molecule has 0 aliphatic carbocycles. The second kappa shape index (κ2) is 6.90. The van der Waals surface area contributed by atoms with Crippen molar-refractivity contribution in [1.82, 2.24) is 0 Å². The van der Waals surface area contributed by atoms with Crippen molar-refractivity contribution in [2.24, 2.45) is 0 Å². The molecule has 7 heteroatoms. The van der Waals surface area contributed by atoms with E-state index in [0.29, 0.717) is 10.8 Å². The van der Waals surface area contributed by atoms with Gasteiger partial charge in [0.15, 0.2) is 5.78 Å². The van der Waals surface area contributed by atoms with Crippen LogP contribution in [0.2, 0.25) is 5.02 Å². The quantitative estimate of drug-likeness (QED) is 0.723. The Kier molecular flexibility index (Phi) is 5.82. The van der Waals surface area contributed by atoms with Crippen molar-refractivity contribution < 1.29 is 23.1 Å². The van der Waals surface area contributed by atoms with E-state index < -0.39 is 7.60 Å². The zero-order valence-electron chi connectivity index (χ0n) is 10.1. The summed E-state index contributed by atoms with van der Waals surface area (Å²) in [6.07, 6.45) is 0. The molecule has 1 rings (SSSR count). The van der Waals surface area contributed by atoms with Crippen molar-refractivity contribution in [2.45, 2.75) is 0 Å². The molecule has 0 saturated heterocycles. The molecule has 0 bridgehead atoms. The van der Waals surface area contributed by atoms with Gasteiger partial charge in [-0.1, -0.05) is 17.7 Å². The molecule has 0 fully saturated rings. The number of hydrogen-bond donors (Lipinski definition) is 0. The minimum absolute atomic E-state index is 0.177. The standard InChI is InChI=1S/C11H14ClO5P/c1-15-18(2,14)17-8-10(13)7-16-11-5-3-4-9(12)6-11/h3-6H,7-8H2,1-2H3. The van der Waals surface area contributed by atoms with Gasteiger partial charge in [-0.05, 0) is 18.2 Å².